The molecule has 0 spiro atoms. The quantitative estimate of drug-likeness (QED) is 0.291. The molecule has 1 N–H and O–H groups in total. The molecule has 0 aromatic heterocycles. The van der Waals surface area contributed by atoms with E-state index in [9.17, 15) is 24.1 Å². The molecule has 0 saturated heterocycles. The molecule has 10 heteroatoms. The number of rotatable bonds is 10. The highest BCUT2D eigenvalue weighted by Gasteiger charge is 2.24. The minimum atomic E-state index is -1.03. The Hall–Kier alpha value is -3.98. The molecule has 0 bridgehead atoms. The number of nitro benzene ring substituents is 1. The second kappa shape index (κ2) is 11.2. The number of nitrogens with zero attached hydrogens (tertiary/aromatic N) is 2. The van der Waals surface area contributed by atoms with Crippen molar-refractivity contribution in [3.8, 4) is 11.5 Å². The Bertz CT molecular complexity index is 1210. The van der Waals surface area contributed by atoms with Gasteiger partial charge in [0.1, 0.15) is 17.3 Å². The summed E-state index contributed by atoms with van der Waals surface area (Å²) < 4.78 is 19.3. The maximum Gasteiger partial charge on any atom is 0.303 e. The number of para-hydroxylation sites is 1. The molecule has 0 aliphatic carbocycles. The number of carboxylic acids is 1. The van der Waals surface area contributed by atoms with Crippen LogP contribution in [0.1, 0.15) is 28.8 Å². The van der Waals surface area contributed by atoms with Crippen LogP contribution < -0.4 is 4.74 Å². The zero-order valence-electron chi connectivity index (χ0n) is 17.8. The molecule has 0 heterocycles. The molecule has 3 rings (SSSR count). The first kappa shape index (κ1) is 24.7. The maximum absolute atomic E-state index is 13.5. The number of hydrogen-bond donors (Lipinski definition) is 1. The molecule has 0 fully saturated rings. The average Bonchev–Trinajstić information content (AvgIpc) is 2.80. The van der Waals surface area contributed by atoms with E-state index in [-0.39, 0.29) is 48.0 Å². The number of hydrogen-bond acceptors (Lipinski definition) is 5. The maximum atomic E-state index is 13.5. The van der Waals surface area contributed by atoms with Crippen LogP contribution >= 0.6 is 11.6 Å². The van der Waals surface area contributed by atoms with Crippen LogP contribution in [0.4, 0.5) is 10.1 Å². The first-order valence-corrected chi connectivity index (χ1v) is 10.6. The highest BCUT2D eigenvalue weighted by Crippen LogP contribution is 2.31. The smallest absolute Gasteiger partial charge is 0.303 e. The summed E-state index contributed by atoms with van der Waals surface area (Å²) in [6, 6.07) is 16.0. The Morgan fingerprint density at radius 3 is 2.47 bits per heavy atom. The van der Waals surface area contributed by atoms with E-state index in [1.165, 1.54) is 29.2 Å². The largest absolute Gasteiger partial charge is 0.481 e. The molecule has 8 nitrogen and oxygen atoms in total. The molecule has 176 valence electrons. The Morgan fingerprint density at radius 1 is 1.09 bits per heavy atom. The lowest BCUT2D eigenvalue weighted by Gasteiger charge is -2.24. The van der Waals surface area contributed by atoms with Gasteiger partial charge in [-0.3, -0.25) is 19.7 Å². The zero-order valence-corrected chi connectivity index (χ0v) is 18.6. The van der Waals surface area contributed by atoms with E-state index in [0.717, 1.165) is 12.1 Å². The highest BCUT2D eigenvalue weighted by molar-refractivity contribution is 6.31. The molecule has 0 aliphatic rings. The summed E-state index contributed by atoms with van der Waals surface area (Å²) >= 11 is 6.13. The molecule has 1 amide bonds. The van der Waals surface area contributed by atoms with Gasteiger partial charge in [0.25, 0.3) is 11.6 Å². The summed E-state index contributed by atoms with van der Waals surface area (Å²) in [6.45, 7) is -0.0443. The van der Waals surface area contributed by atoms with Crippen molar-refractivity contribution in [1.82, 2.24) is 4.90 Å². The number of ether oxygens (including phenoxy) is 1. The van der Waals surface area contributed by atoms with E-state index in [1.54, 1.807) is 30.3 Å². The second-order valence-electron chi connectivity index (χ2n) is 7.31. The number of benzene rings is 3. The molecule has 0 radical (unpaired) electrons. The van der Waals surface area contributed by atoms with Crippen molar-refractivity contribution in [2.75, 3.05) is 6.54 Å². The summed E-state index contributed by atoms with van der Waals surface area (Å²) in [4.78, 5) is 36.6. The van der Waals surface area contributed by atoms with Crippen LogP contribution in [0.15, 0.2) is 66.7 Å². The Kier molecular flexibility index (Phi) is 8.15. The van der Waals surface area contributed by atoms with Gasteiger partial charge in [-0.2, -0.15) is 0 Å². The molecule has 3 aromatic carbocycles. The number of carbonyl (C=O) groups is 2. The van der Waals surface area contributed by atoms with Crippen LogP contribution in [0.2, 0.25) is 5.02 Å². The van der Waals surface area contributed by atoms with Gasteiger partial charge in [-0.1, -0.05) is 35.9 Å². The van der Waals surface area contributed by atoms with Crippen molar-refractivity contribution in [2.24, 2.45) is 0 Å². The summed E-state index contributed by atoms with van der Waals surface area (Å²) in [5, 5.41) is 20.4. The molecule has 34 heavy (non-hydrogen) atoms. The number of aliphatic carboxylic acids is 1. The van der Waals surface area contributed by atoms with Gasteiger partial charge in [-0.25, -0.2) is 4.39 Å². The van der Waals surface area contributed by atoms with Gasteiger partial charge < -0.3 is 14.7 Å². The standard InChI is InChI=1S/C24H20ClFN2O6/c25-21-13-17(26)9-8-16(21)15-27(12-4-7-23(29)30)24(31)20-14-18(28(32)33)10-11-22(20)34-19-5-2-1-3-6-19/h1-3,5-6,8-11,13-14H,4,7,12,15H2,(H,29,30). The third-order valence-electron chi connectivity index (χ3n) is 4.86. The van der Waals surface area contributed by atoms with Crippen molar-refractivity contribution in [3.05, 3.63) is 98.8 Å². The van der Waals surface area contributed by atoms with E-state index in [4.69, 9.17) is 21.4 Å². The lowest BCUT2D eigenvalue weighted by Crippen LogP contribution is -2.32. The number of amides is 1. The Balaban J connectivity index is 1.98. The van der Waals surface area contributed by atoms with Crippen LogP contribution in [0.25, 0.3) is 0 Å². The second-order valence-corrected chi connectivity index (χ2v) is 7.72. The van der Waals surface area contributed by atoms with E-state index >= 15 is 0 Å². The van der Waals surface area contributed by atoms with Gasteiger partial charge in [0.15, 0.2) is 0 Å². The number of non-ortho nitro benzene ring substituents is 1. The van der Waals surface area contributed by atoms with Crippen molar-refractivity contribution in [1.29, 1.82) is 0 Å². The summed E-state index contributed by atoms with van der Waals surface area (Å²) in [6.07, 6.45) is -0.0626. The monoisotopic (exact) mass is 486 g/mol. The predicted octanol–water partition coefficient (Wildman–Crippen LogP) is 5.69. The fraction of sp³-hybridized carbons (Fsp3) is 0.167. The first-order valence-electron chi connectivity index (χ1n) is 10.2. The Labute approximate surface area is 199 Å². The Morgan fingerprint density at radius 2 is 1.82 bits per heavy atom. The van der Waals surface area contributed by atoms with Gasteiger partial charge in [0.05, 0.1) is 10.5 Å². The number of nitro groups is 1. The number of halogens is 2. The summed E-state index contributed by atoms with van der Waals surface area (Å²) in [5.74, 6) is -1.69. The molecule has 0 aliphatic heterocycles. The van der Waals surface area contributed by atoms with Gasteiger partial charge in [-0.15, -0.1) is 0 Å². The molecular formula is C24H20ClFN2O6. The minimum Gasteiger partial charge on any atom is -0.481 e. The lowest BCUT2D eigenvalue weighted by molar-refractivity contribution is -0.384. The van der Waals surface area contributed by atoms with Crippen LogP contribution in [0.3, 0.4) is 0 Å². The molecule has 0 saturated carbocycles. The lowest BCUT2D eigenvalue weighted by atomic mass is 10.1. The van der Waals surface area contributed by atoms with Crippen LogP contribution in [0, 0.1) is 15.9 Å². The van der Waals surface area contributed by atoms with Crippen LogP contribution in [-0.2, 0) is 11.3 Å². The third kappa shape index (κ3) is 6.52. The van der Waals surface area contributed by atoms with Gasteiger partial charge in [0, 0.05) is 36.7 Å². The topological polar surface area (TPSA) is 110 Å². The zero-order chi connectivity index (χ0) is 24.7. The predicted molar refractivity (Wildman–Crippen MR) is 123 cm³/mol. The number of carbonyl (C=O) groups excluding carboxylic acids is 1. The highest BCUT2D eigenvalue weighted by atomic mass is 35.5. The normalized spacial score (nSPS) is 10.5. The van der Waals surface area contributed by atoms with E-state index in [0.29, 0.717) is 11.3 Å². The van der Waals surface area contributed by atoms with Gasteiger partial charge in [0.2, 0.25) is 0 Å². The van der Waals surface area contributed by atoms with E-state index in [1.807, 2.05) is 0 Å². The molecule has 0 unspecified atom stereocenters. The molecule has 0 atom stereocenters. The van der Waals surface area contributed by atoms with Gasteiger partial charge >= 0.3 is 5.97 Å². The summed E-state index contributed by atoms with van der Waals surface area (Å²) in [7, 11) is 0. The fourth-order valence-corrected chi connectivity index (χ4v) is 3.43. The fourth-order valence-electron chi connectivity index (χ4n) is 3.20. The average molecular weight is 487 g/mol. The first-order chi connectivity index (χ1) is 16.2. The van der Waals surface area contributed by atoms with Crippen molar-refractivity contribution in [3.63, 3.8) is 0 Å². The minimum absolute atomic E-state index is 0.0201. The van der Waals surface area contributed by atoms with E-state index in [2.05, 4.69) is 0 Å². The van der Waals surface area contributed by atoms with Crippen LogP contribution in [-0.4, -0.2) is 33.4 Å². The van der Waals surface area contributed by atoms with E-state index < -0.39 is 22.6 Å². The molecule has 3 aromatic rings. The SMILES string of the molecule is O=C(O)CCCN(Cc1ccc(F)cc1Cl)C(=O)c1cc([N+](=O)[O-])ccc1Oc1ccccc1. The third-order valence-corrected chi connectivity index (χ3v) is 5.21. The van der Waals surface area contributed by atoms with Crippen molar-refractivity contribution < 1.29 is 28.7 Å². The number of carboxylic acid groups (broad SMARTS) is 1. The van der Waals surface area contributed by atoms with Crippen molar-refractivity contribution >= 4 is 29.2 Å². The van der Waals surface area contributed by atoms with Crippen LogP contribution in [0.5, 0.6) is 11.5 Å². The van der Waals surface area contributed by atoms with Crippen molar-refractivity contribution in [2.45, 2.75) is 19.4 Å². The van der Waals surface area contributed by atoms with Gasteiger partial charge in [-0.05, 0) is 42.3 Å². The summed E-state index contributed by atoms with van der Waals surface area (Å²) in [5.41, 5.74) is 0.0448. The molecular weight excluding hydrogens is 467 g/mol.